The quantitative estimate of drug-likeness (QED) is 0.434. The van der Waals surface area contributed by atoms with E-state index in [0.29, 0.717) is 17.1 Å². The van der Waals surface area contributed by atoms with Gasteiger partial charge in [-0.1, -0.05) is 0 Å². The first-order valence-electron chi connectivity index (χ1n) is 9.43. The number of carbonyl (C=O) groups is 3. The van der Waals surface area contributed by atoms with Crippen LogP contribution in [0.25, 0.3) is 5.82 Å². The van der Waals surface area contributed by atoms with Gasteiger partial charge in [0, 0.05) is 49.7 Å². The number of carbonyl (C=O) groups excluding carboxylic acids is 3. The predicted molar refractivity (Wildman–Crippen MR) is 112 cm³/mol. The highest BCUT2D eigenvalue weighted by Gasteiger charge is 2.09. The van der Waals surface area contributed by atoms with Crippen LogP contribution in [0.1, 0.15) is 17.3 Å². The van der Waals surface area contributed by atoms with Gasteiger partial charge in [0.2, 0.25) is 11.8 Å². The molecule has 0 bridgehead atoms. The third-order valence-corrected chi connectivity index (χ3v) is 4.09. The fourth-order valence-corrected chi connectivity index (χ4v) is 2.66. The zero-order chi connectivity index (χ0) is 22.2. The van der Waals surface area contributed by atoms with Crippen LogP contribution in [-0.2, 0) is 16.1 Å². The molecule has 3 N–H and O–H groups in total. The zero-order valence-electron chi connectivity index (χ0n) is 16.7. The van der Waals surface area contributed by atoms with Crippen molar-refractivity contribution in [3.8, 4) is 5.82 Å². The van der Waals surface area contributed by atoms with Crippen molar-refractivity contribution in [3.63, 3.8) is 0 Å². The number of rotatable bonds is 8. The minimum absolute atomic E-state index is 0.183. The standard InChI is InChI=1S/C20H21N7O4/c1-14(28)24-16-5-3-15(4-6-16)20(31)22-11-10-21-18(29)13-27-19(30)8-7-17(25-27)26-12-2-9-23-26/h2-9,12H,10-11,13H2,1H3,(H,21,29)(H,22,31)(H,24,28). The molecular formula is C20H21N7O4. The molecule has 0 saturated carbocycles. The first kappa shape index (κ1) is 21.4. The summed E-state index contributed by atoms with van der Waals surface area (Å²) in [5, 5.41) is 16.1. The van der Waals surface area contributed by atoms with Gasteiger partial charge in [-0.2, -0.15) is 5.10 Å². The third-order valence-electron chi connectivity index (χ3n) is 4.09. The summed E-state index contributed by atoms with van der Waals surface area (Å²) in [7, 11) is 0. The maximum absolute atomic E-state index is 12.1. The monoisotopic (exact) mass is 423 g/mol. The molecule has 11 heteroatoms. The topological polar surface area (TPSA) is 140 Å². The molecule has 0 atom stereocenters. The van der Waals surface area contributed by atoms with Crippen LogP contribution in [0, 0.1) is 0 Å². The summed E-state index contributed by atoms with van der Waals surface area (Å²) < 4.78 is 2.52. The van der Waals surface area contributed by atoms with Crippen molar-refractivity contribution in [1.29, 1.82) is 0 Å². The maximum atomic E-state index is 12.1. The molecule has 160 valence electrons. The Bertz CT molecular complexity index is 1120. The van der Waals surface area contributed by atoms with Crippen molar-refractivity contribution in [2.24, 2.45) is 0 Å². The molecule has 0 unspecified atom stereocenters. The van der Waals surface area contributed by atoms with Crippen LogP contribution >= 0.6 is 0 Å². The number of benzene rings is 1. The van der Waals surface area contributed by atoms with Gasteiger partial charge in [-0.05, 0) is 36.4 Å². The van der Waals surface area contributed by atoms with E-state index in [9.17, 15) is 19.2 Å². The van der Waals surface area contributed by atoms with Crippen molar-refractivity contribution in [2.75, 3.05) is 18.4 Å². The van der Waals surface area contributed by atoms with Gasteiger partial charge in [-0.25, -0.2) is 9.36 Å². The summed E-state index contributed by atoms with van der Waals surface area (Å²) in [6.45, 7) is 1.53. The largest absolute Gasteiger partial charge is 0.353 e. The van der Waals surface area contributed by atoms with E-state index in [-0.39, 0.29) is 31.4 Å². The number of hydrogen-bond donors (Lipinski definition) is 3. The molecular weight excluding hydrogens is 402 g/mol. The second kappa shape index (κ2) is 9.96. The number of hydrogen-bond acceptors (Lipinski definition) is 6. The van der Waals surface area contributed by atoms with Gasteiger partial charge >= 0.3 is 0 Å². The maximum Gasteiger partial charge on any atom is 0.267 e. The smallest absolute Gasteiger partial charge is 0.267 e. The summed E-state index contributed by atoms with van der Waals surface area (Å²) in [4.78, 5) is 47.2. The van der Waals surface area contributed by atoms with Crippen LogP contribution in [0.3, 0.4) is 0 Å². The minimum atomic E-state index is -0.416. The van der Waals surface area contributed by atoms with E-state index in [1.165, 1.54) is 23.7 Å². The molecule has 0 spiro atoms. The number of nitrogens with one attached hydrogen (secondary N) is 3. The lowest BCUT2D eigenvalue weighted by Crippen LogP contribution is -2.38. The van der Waals surface area contributed by atoms with Gasteiger partial charge in [0.1, 0.15) is 6.54 Å². The molecule has 0 radical (unpaired) electrons. The Balaban J connectivity index is 1.45. The van der Waals surface area contributed by atoms with Crippen LogP contribution in [0.2, 0.25) is 0 Å². The Hall–Kier alpha value is -4.28. The van der Waals surface area contributed by atoms with Gasteiger partial charge in [0.05, 0.1) is 0 Å². The Morgan fingerprint density at radius 3 is 2.42 bits per heavy atom. The summed E-state index contributed by atoms with van der Waals surface area (Å²) in [5.41, 5.74) is 0.602. The predicted octanol–water partition coefficient (Wildman–Crippen LogP) is -0.0664. The molecule has 0 aliphatic heterocycles. The molecule has 0 aliphatic rings. The van der Waals surface area contributed by atoms with Crippen LogP contribution in [0.15, 0.2) is 59.7 Å². The molecule has 3 amide bonds. The number of amides is 3. The molecule has 3 aromatic rings. The lowest BCUT2D eigenvalue weighted by molar-refractivity contribution is -0.121. The summed E-state index contributed by atoms with van der Waals surface area (Å²) in [5.74, 6) is -0.512. The van der Waals surface area contributed by atoms with Crippen molar-refractivity contribution in [2.45, 2.75) is 13.5 Å². The third kappa shape index (κ3) is 6.10. The van der Waals surface area contributed by atoms with E-state index in [1.54, 1.807) is 42.7 Å². The lowest BCUT2D eigenvalue weighted by Gasteiger charge is -2.09. The highest BCUT2D eigenvalue weighted by atomic mass is 16.2. The highest BCUT2D eigenvalue weighted by molar-refractivity contribution is 5.95. The second-order valence-electron chi connectivity index (χ2n) is 6.50. The SMILES string of the molecule is CC(=O)Nc1ccc(C(=O)NCCNC(=O)Cn2nc(-n3cccn3)ccc2=O)cc1. The molecule has 2 aromatic heterocycles. The van der Waals surface area contributed by atoms with Crippen molar-refractivity contribution < 1.29 is 14.4 Å². The fourth-order valence-electron chi connectivity index (χ4n) is 2.66. The summed E-state index contributed by atoms with van der Waals surface area (Å²) in [6, 6.07) is 11.0. The van der Waals surface area contributed by atoms with Gasteiger partial charge in [0.25, 0.3) is 11.5 Å². The second-order valence-corrected chi connectivity index (χ2v) is 6.50. The Labute approximate surface area is 177 Å². The average Bonchev–Trinajstić information content (AvgIpc) is 3.28. The number of anilines is 1. The van der Waals surface area contributed by atoms with Crippen molar-refractivity contribution in [3.05, 3.63) is 70.8 Å². The molecule has 0 saturated heterocycles. The van der Waals surface area contributed by atoms with Crippen LogP contribution in [0.5, 0.6) is 0 Å². The Kier molecular flexibility index (Phi) is 6.89. The summed E-state index contributed by atoms with van der Waals surface area (Å²) in [6.07, 6.45) is 3.25. The van der Waals surface area contributed by atoms with E-state index >= 15 is 0 Å². The van der Waals surface area contributed by atoms with E-state index < -0.39 is 11.5 Å². The van der Waals surface area contributed by atoms with Gasteiger partial charge in [-0.15, -0.1) is 5.10 Å². The van der Waals surface area contributed by atoms with E-state index in [0.717, 1.165) is 4.68 Å². The van der Waals surface area contributed by atoms with Crippen LogP contribution < -0.4 is 21.5 Å². The number of aromatic nitrogens is 4. The van der Waals surface area contributed by atoms with Crippen molar-refractivity contribution in [1.82, 2.24) is 30.2 Å². The molecule has 3 rings (SSSR count). The van der Waals surface area contributed by atoms with Crippen molar-refractivity contribution >= 4 is 23.4 Å². The van der Waals surface area contributed by atoms with Gasteiger partial charge in [-0.3, -0.25) is 19.2 Å². The normalized spacial score (nSPS) is 10.4. The molecule has 11 nitrogen and oxygen atoms in total. The van der Waals surface area contributed by atoms with Gasteiger partial charge < -0.3 is 16.0 Å². The van der Waals surface area contributed by atoms with E-state index in [1.807, 2.05) is 0 Å². The van der Waals surface area contributed by atoms with Gasteiger partial charge in [0.15, 0.2) is 5.82 Å². The molecule has 2 heterocycles. The van der Waals surface area contributed by atoms with Crippen LogP contribution in [0.4, 0.5) is 5.69 Å². The minimum Gasteiger partial charge on any atom is -0.353 e. The van der Waals surface area contributed by atoms with E-state index in [4.69, 9.17) is 0 Å². The molecule has 31 heavy (non-hydrogen) atoms. The summed E-state index contributed by atoms with van der Waals surface area (Å²) >= 11 is 0. The molecule has 1 aromatic carbocycles. The molecule has 0 aliphatic carbocycles. The highest BCUT2D eigenvalue weighted by Crippen LogP contribution is 2.09. The first-order valence-corrected chi connectivity index (χ1v) is 9.43. The number of nitrogens with zero attached hydrogens (tertiary/aromatic N) is 4. The first-order chi connectivity index (χ1) is 14.9. The zero-order valence-corrected chi connectivity index (χ0v) is 16.7. The molecule has 0 fully saturated rings. The average molecular weight is 423 g/mol. The Morgan fingerprint density at radius 2 is 1.74 bits per heavy atom. The van der Waals surface area contributed by atoms with Crippen LogP contribution in [-0.4, -0.2) is 50.4 Å². The Morgan fingerprint density at radius 1 is 1.00 bits per heavy atom. The lowest BCUT2D eigenvalue weighted by atomic mass is 10.2. The van der Waals surface area contributed by atoms with E-state index in [2.05, 4.69) is 26.1 Å². The fraction of sp³-hybridized carbons (Fsp3) is 0.200.